The van der Waals surface area contributed by atoms with Crippen molar-refractivity contribution in [2.24, 2.45) is 0 Å². The number of hydrogen-bond acceptors (Lipinski definition) is 3. The molecule has 98 valence electrons. The fraction of sp³-hybridized carbons (Fsp3) is 0.857. The van der Waals surface area contributed by atoms with E-state index < -0.39 is 0 Å². The number of fused-ring (bicyclic) bond motifs is 1. The summed E-state index contributed by atoms with van der Waals surface area (Å²) in [4.78, 5) is 0. The Kier molecular flexibility index (Phi) is 6.03. The van der Waals surface area contributed by atoms with E-state index in [9.17, 15) is 0 Å². The Morgan fingerprint density at radius 2 is 1.47 bits per heavy atom. The van der Waals surface area contributed by atoms with Gasteiger partial charge in [0.2, 0.25) is 0 Å². The molecule has 0 N–H and O–H groups in total. The van der Waals surface area contributed by atoms with E-state index >= 15 is 0 Å². The smallest absolute Gasteiger partial charge is 0.107 e. The van der Waals surface area contributed by atoms with Gasteiger partial charge in [-0.15, -0.1) is 0 Å². The molecular formula is C14H24O3. The minimum absolute atomic E-state index is 0.150. The predicted octanol–water partition coefficient (Wildman–Crippen LogP) is 2.70. The first kappa shape index (κ1) is 13.1. The van der Waals surface area contributed by atoms with E-state index in [4.69, 9.17) is 14.2 Å². The first-order chi connectivity index (χ1) is 8.47. The molecule has 2 aliphatic rings. The molecule has 0 bridgehead atoms. The van der Waals surface area contributed by atoms with Crippen LogP contribution in [0, 0.1) is 0 Å². The van der Waals surface area contributed by atoms with Gasteiger partial charge in [-0.05, 0) is 38.5 Å². The van der Waals surface area contributed by atoms with Crippen molar-refractivity contribution in [3.63, 3.8) is 0 Å². The van der Waals surface area contributed by atoms with Gasteiger partial charge in [-0.3, -0.25) is 0 Å². The van der Waals surface area contributed by atoms with Gasteiger partial charge in [-0.1, -0.05) is 12.2 Å². The van der Waals surface area contributed by atoms with E-state index in [-0.39, 0.29) is 12.2 Å². The molecule has 0 amide bonds. The SMILES string of the molecule is C1=C/CCCO[C@H]2CCCO[C@@H]2COCCC/1. The summed E-state index contributed by atoms with van der Waals surface area (Å²) in [5, 5.41) is 0. The lowest BCUT2D eigenvalue weighted by Crippen LogP contribution is -2.39. The molecule has 0 aromatic carbocycles. The maximum absolute atomic E-state index is 5.92. The highest BCUT2D eigenvalue weighted by molar-refractivity contribution is 4.82. The van der Waals surface area contributed by atoms with E-state index in [0.29, 0.717) is 6.61 Å². The zero-order valence-electron chi connectivity index (χ0n) is 10.6. The third kappa shape index (κ3) is 4.78. The molecule has 0 aromatic rings. The van der Waals surface area contributed by atoms with Gasteiger partial charge in [0.1, 0.15) is 6.10 Å². The third-order valence-corrected chi connectivity index (χ3v) is 3.33. The lowest BCUT2D eigenvalue weighted by molar-refractivity contribution is -0.131. The van der Waals surface area contributed by atoms with Gasteiger partial charge < -0.3 is 14.2 Å². The summed E-state index contributed by atoms with van der Waals surface area (Å²) in [5.41, 5.74) is 0. The zero-order valence-corrected chi connectivity index (χ0v) is 10.6. The normalized spacial score (nSPS) is 34.8. The first-order valence-corrected chi connectivity index (χ1v) is 6.93. The van der Waals surface area contributed by atoms with Crippen LogP contribution in [0.4, 0.5) is 0 Å². The third-order valence-electron chi connectivity index (χ3n) is 3.33. The molecule has 3 heteroatoms. The van der Waals surface area contributed by atoms with Crippen LogP contribution in [0.1, 0.15) is 38.5 Å². The number of hydrogen-bond donors (Lipinski definition) is 0. The molecule has 2 rings (SSSR count). The molecular weight excluding hydrogens is 216 g/mol. The highest BCUT2D eigenvalue weighted by Crippen LogP contribution is 2.18. The van der Waals surface area contributed by atoms with Gasteiger partial charge in [-0.2, -0.15) is 0 Å². The van der Waals surface area contributed by atoms with Gasteiger partial charge in [-0.25, -0.2) is 0 Å². The Hall–Kier alpha value is -0.380. The molecule has 2 aliphatic heterocycles. The van der Waals surface area contributed by atoms with E-state index in [2.05, 4.69) is 12.2 Å². The topological polar surface area (TPSA) is 27.7 Å². The van der Waals surface area contributed by atoms with Gasteiger partial charge in [0.25, 0.3) is 0 Å². The van der Waals surface area contributed by atoms with Crippen LogP contribution in [0.2, 0.25) is 0 Å². The lowest BCUT2D eigenvalue weighted by atomic mass is 10.1. The monoisotopic (exact) mass is 240 g/mol. The van der Waals surface area contributed by atoms with Crippen LogP contribution in [-0.4, -0.2) is 38.6 Å². The van der Waals surface area contributed by atoms with Gasteiger partial charge in [0.15, 0.2) is 0 Å². The van der Waals surface area contributed by atoms with Crippen LogP contribution in [-0.2, 0) is 14.2 Å². The molecule has 0 saturated carbocycles. The Morgan fingerprint density at radius 1 is 0.765 bits per heavy atom. The van der Waals surface area contributed by atoms with E-state index in [0.717, 1.165) is 58.3 Å². The average Bonchev–Trinajstić information content (AvgIpc) is 2.38. The summed E-state index contributed by atoms with van der Waals surface area (Å²) in [6, 6.07) is 0. The second-order valence-electron chi connectivity index (χ2n) is 4.79. The summed E-state index contributed by atoms with van der Waals surface area (Å²) >= 11 is 0. The average molecular weight is 240 g/mol. The van der Waals surface area contributed by atoms with Gasteiger partial charge in [0, 0.05) is 19.8 Å². The highest BCUT2D eigenvalue weighted by atomic mass is 16.6. The fourth-order valence-corrected chi connectivity index (χ4v) is 2.33. The molecule has 0 aliphatic carbocycles. The van der Waals surface area contributed by atoms with Crippen LogP contribution in [0.3, 0.4) is 0 Å². The van der Waals surface area contributed by atoms with Crippen molar-refractivity contribution in [3.8, 4) is 0 Å². The van der Waals surface area contributed by atoms with Crippen LogP contribution in [0.15, 0.2) is 12.2 Å². The summed E-state index contributed by atoms with van der Waals surface area (Å²) in [5.74, 6) is 0. The Bertz CT molecular complexity index is 228. The molecule has 1 saturated heterocycles. The number of rotatable bonds is 0. The van der Waals surface area contributed by atoms with Crippen LogP contribution in [0.5, 0.6) is 0 Å². The molecule has 2 atom stereocenters. The number of allylic oxidation sites excluding steroid dienone is 2. The minimum Gasteiger partial charge on any atom is -0.379 e. The second kappa shape index (κ2) is 7.85. The quantitative estimate of drug-likeness (QED) is 0.609. The molecule has 0 unspecified atom stereocenters. The molecule has 0 spiro atoms. The Labute approximate surface area is 104 Å². The molecule has 3 nitrogen and oxygen atoms in total. The van der Waals surface area contributed by atoms with Crippen molar-refractivity contribution in [2.45, 2.75) is 50.7 Å². The van der Waals surface area contributed by atoms with Crippen LogP contribution in [0.25, 0.3) is 0 Å². The zero-order chi connectivity index (χ0) is 11.8. The van der Waals surface area contributed by atoms with E-state index in [1.807, 2.05) is 0 Å². The maximum atomic E-state index is 5.92. The Balaban J connectivity index is 1.82. The lowest BCUT2D eigenvalue weighted by Gasteiger charge is -2.31. The predicted molar refractivity (Wildman–Crippen MR) is 67.1 cm³/mol. The van der Waals surface area contributed by atoms with Crippen molar-refractivity contribution in [1.29, 1.82) is 0 Å². The van der Waals surface area contributed by atoms with Crippen molar-refractivity contribution in [2.75, 3.05) is 26.4 Å². The summed E-state index contributed by atoms with van der Waals surface area (Å²) in [7, 11) is 0. The van der Waals surface area contributed by atoms with E-state index in [1.54, 1.807) is 0 Å². The summed E-state index contributed by atoms with van der Waals surface area (Å²) in [6.45, 7) is 3.22. The maximum Gasteiger partial charge on any atom is 0.107 e. The minimum atomic E-state index is 0.150. The molecule has 0 radical (unpaired) electrons. The standard InChI is InChI=1S/C14H24O3/c1-2-4-6-10-16-13-8-7-11-17-14(13)12-15-9-5-3-1/h1-2,13-14H,3-12H2/b2-1+/t13-,14+/m0/s1. The molecule has 1 fully saturated rings. The largest absolute Gasteiger partial charge is 0.379 e. The van der Waals surface area contributed by atoms with Crippen molar-refractivity contribution in [1.82, 2.24) is 0 Å². The van der Waals surface area contributed by atoms with Gasteiger partial charge in [0.05, 0.1) is 12.7 Å². The second-order valence-corrected chi connectivity index (χ2v) is 4.79. The van der Waals surface area contributed by atoms with Gasteiger partial charge >= 0.3 is 0 Å². The first-order valence-electron chi connectivity index (χ1n) is 6.93. The molecule has 17 heavy (non-hydrogen) atoms. The molecule has 2 heterocycles. The van der Waals surface area contributed by atoms with Crippen molar-refractivity contribution in [3.05, 3.63) is 12.2 Å². The highest BCUT2D eigenvalue weighted by Gasteiger charge is 2.26. The van der Waals surface area contributed by atoms with Crippen LogP contribution >= 0.6 is 0 Å². The van der Waals surface area contributed by atoms with E-state index in [1.165, 1.54) is 0 Å². The van der Waals surface area contributed by atoms with Crippen LogP contribution < -0.4 is 0 Å². The Morgan fingerprint density at radius 3 is 2.35 bits per heavy atom. The summed E-state index contributed by atoms with van der Waals surface area (Å²) in [6.07, 6.45) is 11.6. The summed E-state index contributed by atoms with van der Waals surface area (Å²) < 4.78 is 17.3. The van der Waals surface area contributed by atoms with Crippen molar-refractivity contribution < 1.29 is 14.2 Å². The number of ether oxygens (including phenoxy) is 3. The fourth-order valence-electron chi connectivity index (χ4n) is 2.33. The molecule has 0 aromatic heterocycles. The van der Waals surface area contributed by atoms with Crippen molar-refractivity contribution >= 4 is 0 Å².